The van der Waals surface area contributed by atoms with E-state index in [1.54, 1.807) is 7.11 Å². The van der Waals surface area contributed by atoms with Gasteiger partial charge >= 0.3 is 0 Å². The Morgan fingerprint density at radius 3 is 2.45 bits per heavy atom. The molecule has 0 bridgehead atoms. The number of hydrogen-bond donors (Lipinski definition) is 2. The lowest BCUT2D eigenvalue weighted by Crippen LogP contribution is -2.44. The van der Waals surface area contributed by atoms with Crippen LogP contribution in [0.3, 0.4) is 0 Å². The second kappa shape index (κ2) is 13.9. The molecule has 0 aliphatic carbocycles. The summed E-state index contributed by atoms with van der Waals surface area (Å²) in [6, 6.07) is 0.869. The van der Waals surface area contributed by atoms with Gasteiger partial charge in [-0.05, 0) is 34.2 Å². The summed E-state index contributed by atoms with van der Waals surface area (Å²) < 4.78 is 5.12. The summed E-state index contributed by atoms with van der Waals surface area (Å²) in [5, 5.41) is 6.58. The van der Waals surface area contributed by atoms with Crippen LogP contribution in [0.15, 0.2) is 4.99 Å². The van der Waals surface area contributed by atoms with Crippen LogP contribution in [0.2, 0.25) is 0 Å². The van der Waals surface area contributed by atoms with Gasteiger partial charge in [0, 0.05) is 32.3 Å². The average Bonchev–Trinajstić information content (AvgIpc) is 2.38. The fourth-order valence-electron chi connectivity index (χ4n) is 1.70. The van der Waals surface area contributed by atoms with Gasteiger partial charge in [-0.15, -0.1) is 24.0 Å². The van der Waals surface area contributed by atoms with E-state index in [1.165, 1.54) is 6.42 Å². The Morgan fingerprint density at radius 2 is 1.95 bits per heavy atom. The molecule has 0 aromatic carbocycles. The number of likely N-dealkylation sites (N-methyl/N-ethyl adjacent to an activating group) is 1. The van der Waals surface area contributed by atoms with Crippen molar-refractivity contribution in [2.75, 3.05) is 40.4 Å². The molecule has 0 aliphatic heterocycles. The second-order valence-corrected chi connectivity index (χ2v) is 5.00. The standard InChI is InChI=1S/C14H32N4O.HI/c1-7-13(4)18(5)10-9-16-14(15-8-2)17-12(3)11-19-6;/h12-13H,7-11H2,1-6H3,(H2,15,16,17);1H. The largest absolute Gasteiger partial charge is 0.383 e. The third-order valence-corrected chi connectivity index (χ3v) is 3.21. The van der Waals surface area contributed by atoms with Gasteiger partial charge in [0.05, 0.1) is 13.2 Å². The molecule has 0 saturated carbocycles. The molecule has 0 saturated heterocycles. The van der Waals surface area contributed by atoms with Crippen LogP contribution >= 0.6 is 24.0 Å². The third-order valence-electron chi connectivity index (χ3n) is 3.21. The first-order valence-electron chi connectivity index (χ1n) is 7.29. The molecule has 2 atom stereocenters. The van der Waals surface area contributed by atoms with E-state index in [1.807, 2.05) is 0 Å². The Kier molecular flexibility index (Phi) is 15.4. The third kappa shape index (κ3) is 10.7. The minimum atomic E-state index is 0. The van der Waals surface area contributed by atoms with E-state index in [2.05, 4.69) is 55.3 Å². The van der Waals surface area contributed by atoms with Gasteiger partial charge in [0.2, 0.25) is 0 Å². The summed E-state index contributed by atoms with van der Waals surface area (Å²) >= 11 is 0. The van der Waals surface area contributed by atoms with Crippen LogP contribution < -0.4 is 10.6 Å². The van der Waals surface area contributed by atoms with Gasteiger partial charge in [-0.3, -0.25) is 4.99 Å². The summed E-state index contributed by atoms with van der Waals surface area (Å²) in [5.41, 5.74) is 0. The van der Waals surface area contributed by atoms with Gasteiger partial charge in [0.1, 0.15) is 0 Å². The molecule has 0 radical (unpaired) electrons. The molecule has 0 heterocycles. The molecule has 0 spiro atoms. The van der Waals surface area contributed by atoms with Gasteiger partial charge in [-0.2, -0.15) is 0 Å². The van der Waals surface area contributed by atoms with Gasteiger partial charge in [-0.1, -0.05) is 6.92 Å². The van der Waals surface area contributed by atoms with Gasteiger partial charge < -0.3 is 20.3 Å². The quantitative estimate of drug-likeness (QED) is 0.353. The number of hydrogen-bond acceptors (Lipinski definition) is 3. The van der Waals surface area contributed by atoms with Crippen molar-refractivity contribution in [3.05, 3.63) is 0 Å². The Hall–Kier alpha value is -0.0800. The van der Waals surface area contributed by atoms with E-state index in [-0.39, 0.29) is 30.0 Å². The van der Waals surface area contributed by atoms with Gasteiger partial charge in [0.25, 0.3) is 0 Å². The molecule has 2 unspecified atom stereocenters. The van der Waals surface area contributed by atoms with Crippen molar-refractivity contribution in [1.82, 2.24) is 15.5 Å². The lowest BCUT2D eigenvalue weighted by molar-refractivity contribution is 0.179. The number of nitrogens with one attached hydrogen (secondary N) is 2. The summed E-state index contributed by atoms with van der Waals surface area (Å²) in [5.74, 6) is 0.865. The first-order valence-corrected chi connectivity index (χ1v) is 7.29. The number of ether oxygens (including phenoxy) is 1. The summed E-state index contributed by atoms with van der Waals surface area (Å²) in [7, 11) is 3.86. The van der Waals surface area contributed by atoms with E-state index in [0.29, 0.717) is 12.6 Å². The summed E-state index contributed by atoms with van der Waals surface area (Å²) in [6.45, 7) is 11.9. The highest BCUT2D eigenvalue weighted by atomic mass is 127. The van der Waals surface area contributed by atoms with Crippen molar-refractivity contribution in [2.24, 2.45) is 4.99 Å². The monoisotopic (exact) mass is 400 g/mol. The maximum Gasteiger partial charge on any atom is 0.191 e. The molecule has 0 aliphatic rings. The summed E-state index contributed by atoms with van der Waals surface area (Å²) in [6.07, 6.45) is 1.17. The lowest BCUT2D eigenvalue weighted by atomic mass is 10.2. The highest BCUT2D eigenvalue weighted by Crippen LogP contribution is 1.98. The lowest BCUT2D eigenvalue weighted by Gasteiger charge is -2.23. The van der Waals surface area contributed by atoms with Crippen LogP contribution in [0.5, 0.6) is 0 Å². The van der Waals surface area contributed by atoms with Crippen LogP contribution in [0.1, 0.15) is 34.1 Å². The predicted molar refractivity (Wildman–Crippen MR) is 98.3 cm³/mol. The van der Waals surface area contributed by atoms with Crippen LogP contribution in [-0.2, 0) is 4.74 Å². The maximum absolute atomic E-state index is 5.12. The Labute approximate surface area is 141 Å². The maximum atomic E-state index is 5.12. The fourth-order valence-corrected chi connectivity index (χ4v) is 1.70. The highest BCUT2D eigenvalue weighted by molar-refractivity contribution is 14.0. The smallest absolute Gasteiger partial charge is 0.191 e. The zero-order valence-electron chi connectivity index (χ0n) is 13.9. The number of nitrogens with zero attached hydrogens (tertiary/aromatic N) is 2. The molecule has 5 nitrogen and oxygen atoms in total. The Morgan fingerprint density at radius 1 is 1.30 bits per heavy atom. The number of guanidine groups is 1. The van der Waals surface area contributed by atoms with Gasteiger partial charge in [0.15, 0.2) is 5.96 Å². The zero-order chi connectivity index (χ0) is 14.7. The first-order chi connectivity index (χ1) is 9.04. The fraction of sp³-hybridized carbons (Fsp3) is 0.929. The highest BCUT2D eigenvalue weighted by Gasteiger charge is 2.07. The molecule has 0 aromatic rings. The normalized spacial score (nSPS) is 14.7. The number of halogens is 1. The van der Waals surface area contributed by atoms with Crippen LogP contribution in [-0.4, -0.2) is 63.3 Å². The molecule has 0 aromatic heterocycles. The zero-order valence-corrected chi connectivity index (χ0v) is 16.2. The van der Waals surface area contributed by atoms with E-state index < -0.39 is 0 Å². The van der Waals surface area contributed by atoms with Crippen molar-refractivity contribution in [3.63, 3.8) is 0 Å². The van der Waals surface area contributed by atoms with Crippen LogP contribution in [0.4, 0.5) is 0 Å². The molecule has 6 heteroatoms. The average molecular weight is 400 g/mol. The van der Waals surface area contributed by atoms with Crippen molar-refractivity contribution < 1.29 is 4.74 Å². The SMILES string of the molecule is CCNC(=NCCN(C)C(C)CC)NC(C)COC.I. The molecule has 2 N–H and O–H groups in total. The van der Waals surface area contributed by atoms with E-state index >= 15 is 0 Å². The van der Waals surface area contributed by atoms with Crippen molar-refractivity contribution in [2.45, 2.75) is 46.2 Å². The molecular formula is C14H33IN4O. The molecule has 122 valence electrons. The first kappa shape index (κ1) is 22.2. The second-order valence-electron chi connectivity index (χ2n) is 5.00. The number of aliphatic imine (C=N–C) groups is 1. The number of rotatable bonds is 9. The van der Waals surface area contributed by atoms with Crippen LogP contribution in [0, 0.1) is 0 Å². The molecule has 20 heavy (non-hydrogen) atoms. The van der Waals surface area contributed by atoms with Gasteiger partial charge in [-0.25, -0.2) is 0 Å². The van der Waals surface area contributed by atoms with E-state index in [4.69, 9.17) is 4.74 Å². The van der Waals surface area contributed by atoms with Crippen LogP contribution in [0.25, 0.3) is 0 Å². The Bertz CT molecular complexity index is 251. The van der Waals surface area contributed by atoms with Crippen molar-refractivity contribution >= 4 is 29.9 Å². The molecular weight excluding hydrogens is 367 g/mol. The molecule has 0 rings (SSSR count). The Balaban J connectivity index is 0. The summed E-state index contributed by atoms with van der Waals surface area (Å²) in [4.78, 5) is 6.93. The van der Waals surface area contributed by atoms with Crippen molar-refractivity contribution in [1.29, 1.82) is 0 Å². The van der Waals surface area contributed by atoms with Crippen molar-refractivity contribution in [3.8, 4) is 0 Å². The molecule has 0 fully saturated rings. The minimum absolute atomic E-state index is 0. The predicted octanol–water partition coefficient (Wildman–Crippen LogP) is 1.92. The van der Waals surface area contributed by atoms with E-state index in [9.17, 15) is 0 Å². The van der Waals surface area contributed by atoms with E-state index in [0.717, 1.165) is 25.6 Å². The topological polar surface area (TPSA) is 48.9 Å². The minimum Gasteiger partial charge on any atom is -0.383 e. The molecule has 0 amide bonds. The number of methoxy groups -OCH3 is 1.